The highest BCUT2D eigenvalue weighted by Crippen LogP contribution is 2.39. The summed E-state index contributed by atoms with van der Waals surface area (Å²) in [5.74, 6) is -3.09. The molecule has 50 heavy (non-hydrogen) atoms. The van der Waals surface area contributed by atoms with Gasteiger partial charge in [-0.05, 0) is 34.4 Å². The Balaban J connectivity index is 0.000000203. The van der Waals surface area contributed by atoms with Gasteiger partial charge >= 0.3 is 19.3 Å². The summed E-state index contributed by atoms with van der Waals surface area (Å²) in [6, 6.07) is 48.7. The van der Waals surface area contributed by atoms with Gasteiger partial charge in [0.15, 0.2) is 0 Å². The van der Waals surface area contributed by atoms with E-state index in [2.05, 4.69) is 0 Å². The maximum absolute atomic E-state index is 11.3. The normalized spacial score (nSPS) is 10.3. The van der Waals surface area contributed by atoms with Crippen LogP contribution in [0, 0.1) is 0 Å². The molecule has 0 amide bonds. The molecular weight excluding hydrogens is 635 g/mol. The van der Waals surface area contributed by atoms with Crippen molar-refractivity contribution in [2.45, 2.75) is 11.8 Å². The predicted molar refractivity (Wildman–Crippen MR) is 190 cm³/mol. The van der Waals surface area contributed by atoms with Gasteiger partial charge in [0.25, 0.3) is 0 Å². The van der Waals surface area contributed by atoms with Gasteiger partial charge in [0.1, 0.15) is 22.6 Å². The van der Waals surface area contributed by atoms with Crippen LogP contribution in [0.2, 0.25) is 0 Å². The molecule has 0 bridgehead atoms. The quantitative estimate of drug-likeness (QED) is 0.0705. The van der Waals surface area contributed by atoms with E-state index < -0.39 is 19.3 Å². The SMILES string of the molecule is O=C(O)c1cccc(C(c2ccccc2)c2ccccc2)c1O.O=C(O)c1cccc(C(c2ccccc2)c2ccccc2)c1O.OB(O)O. The van der Waals surface area contributed by atoms with Crippen molar-refractivity contribution >= 4 is 19.3 Å². The van der Waals surface area contributed by atoms with Crippen molar-refractivity contribution in [1.82, 2.24) is 0 Å². The smallest absolute Gasteiger partial charge is 0.507 e. The molecule has 0 aliphatic carbocycles. The Morgan fingerprint density at radius 1 is 0.400 bits per heavy atom. The molecule has 0 unspecified atom stereocenters. The van der Waals surface area contributed by atoms with Gasteiger partial charge in [0.2, 0.25) is 0 Å². The first kappa shape index (κ1) is 36.6. The first-order chi connectivity index (χ1) is 24.1. The van der Waals surface area contributed by atoms with Gasteiger partial charge in [0.05, 0.1) is 0 Å². The van der Waals surface area contributed by atoms with E-state index in [0.717, 1.165) is 22.3 Å². The van der Waals surface area contributed by atoms with Crippen LogP contribution in [-0.4, -0.2) is 54.8 Å². The van der Waals surface area contributed by atoms with Crippen LogP contribution in [0.5, 0.6) is 11.5 Å². The standard InChI is InChI=1S/2C20H16O3.BH3O3/c2*21-19-16(12-7-13-17(19)20(22)23)18(14-8-3-1-4-9-14)15-10-5-2-6-11-15;2-1(3)4/h2*1-13,18,21H,(H,22,23);2-4H. The number of para-hydroxylation sites is 2. The minimum Gasteiger partial charge on any atom is -0.507 e. The Morgan fingerprint density at radius 3 is 0.860 bits per heavy atom. The molecule has 9 nitrogen and oxygen atoms in total. The van der Waals surface area contributed by atoms with Gasteiger partial charge in [-0.25, -0.2) is 9.59 Å². The van der Waals surface area contributed by atoms with Crippen molar-refractivity contribution < 1.29 is 45.1 Å². The number of hydrogen-bond acceptors (Lipinski definition) is 7. The van der Waals surface area contributed by atoms with E-state index in [9.17, 15) is 30.0 Å². The number of hydrogen-bond donors (Lipinski definition) is 7. The molecule has 0 spiro atoms. The lowest BCUT2D eigenvalue weighted by atomic mass is 9.84. The molecule has 6 rings (SSSR count). The fourth-order valence-electron chi connectivity index (χ4n) is 5.62. The van der Waals surface area contributed by atoms with Gasteiger partial charge in [-0.3, -0.25) is 0 Å². The summed E-state index contributed by atoms with van der Waals surface area (Å²) in [5.41, 5.74) is 4.99. The van der Waals surface area contributed by atoms with Crippen molar-refractivity contribution in [2.75, 3.05) is 0 Å². The molecule has 0 saturated heterocycles. The number of carboxylic acids is 2. The van der Waals surface area contributed by atoms with Crippen molar-refractivity contribution in [3.63, 3.8) is 0 Å². The van der Waals surface area contributed by atoms with Crippen molar-refractivity contribution in [3.8, 4) is 11.5 Å². The highest BCUT2D eigenvalue weighted by atomic mass is 16.5. The number of phenols is 2. The highest BCUT2D eigenvalue weighted by Gasteiger charge is 2.24. The van der Waals surface area contributed by atoms with Gasteiger partial charge in [-0.15, -0.1) is 0 Å². The second kappa shape index (κ2) is 17.8. The minimum absolute atomic E-state index is 0.0839. The number of carboxylic acid groups (broad SMARTS) is 2. The van der Waals surface area contributed by atoms with E-state index in [1.807, 2.05) is 121 Å². The average molecular weight is 671 g/mol. The van der Waals surface area contributed by atoms with E-state index >= 15 is 0 Å². The molecule has 6 aromatic rings. The molecule has 10 heteroatoms. The predicted octanol–water partition coefficient (Wildman–Crippen LogP) is 6.49. The van der Waals surface area contributed by atoms with Gasteiger partial charge in [-0.1, -0.05) is 146 Å². The van der Waals surface area contributed by atoms with E-state index in [-0.39, 0.29) is 34.5 Å². The molecule has 0 aliphatic heterocycles. The fraction of sp³-hybridized carbons (Fsp3) is 0.0500. The zero-order valence-corrected chi connectivity index (χ0v) is 26.7. The zero-order valence-electron chi connectivity index (χ0n) is 26.7. The second-order valence-corrected chi connectivity index (χ2v) is 11.0. The van der Waals surface area contributed by atoms with E-state index in [1.165, 1.54) is 12.1 Å². The first-order valence-corrected chi connectivity index (χ1v) is 15.4. The molecule has 7 N–H and O–H groups in total. The molecule has 0 fully saturated rings. The molecule has 0 aliphatic rings. The lowest BCUT2D eigenvalue weighted by Gasteiger charge is -2.20. The fourth-order valence-corrected chi connectivity index (χ4v) is 5.62. The largest absolute Gasteiger partial charge is 0.631 e. The summed E-state index contributed by atoms with van der Waals surface area (Å²) in [5, 5.41) is 60.9. The Kier molecular flexibility index (Phi) is 13.1. The van der Waals surface area contributed by atoms with Crippen LogP contribution in [0.1, 0.15) is 65.9 Å². The van der Waals surface area contributed by atoms with Crippen LogP contribution in [0.4, 0.5) is 0 Å². The summed E-state index contributed by atoms with van der Waals surface area (Å²) in [6.07, 6.45) is 0. The van der Waals surface area contributed by atoms with Crippen molar-refractivity contribution in [2.24, 2.45) is 0 Å². The molecule has 0 heterocycles. The molecular formula is C40H35BO9. The number of carbonyl (C=O) groups is 2. The van der Waals surface area contributed by atoms with Crippen LogP contribution in [0.3, 0.4) is 0 Å². The summed E-state index contributed by atoms with van der Waals surface area (Å²) in [7, 11) is -2.17. The third-order valence-electron chi connectivity index (χ3n) is 7.75. The van der Waals surface area contributed by atoms with Crippen molar-refractivity contribution in [3.05, 3.63) is 202 Å². The summed E-state index contributed by atoms with van der Waals surface area (Å²) < 4.78 is 0. The van der Waals surface area contributed by atoms with E-state index in [0.29, 0.717) is 11.1 Å². The van der Waals surface area contributed by atoms with E-state index in [1.54, 1.807) is 24.3 Å². The Labute approximate surface area is 289 Å². The molecule has 0 atom stereocenters. The first-order valence-electron chi connectivity index (χ1n) is 15.4. The Hall–Kier alpha value is -6.20. The summed E-state index contributed by atoms with van der Waals surface area (Å²) in [6.45, 7) is 0. The average Bonchev–Trinajstić information content (AvgIpc) is 3.12. The van der Waals surface area contributed by atoms with Crippen LogP contribution in [0.15, 0.2) is 158 Å². The third kappa shape index (κ3) is 9.45. The molecule has 0 aromatic heterocycles. The molecule has 0 saturated carbocycles. The monoisotopic (exact) mass is 670 g/mol. The Morgan fingerprint density at radius 2 is 0.640 bits per heavy atom. The summed E-state index contributed by atoms with van der Waals surface area (Å²) >= 11 is 0. The van der Waals surface area contributed by atoms with Crippen LogP contribution in [0.25, 0.3) is 0 Å². The maximum atomic E-state index is 11.3. The maximum Gasteiger partial charge on any atom is 0.631 e. The third-order valence-corrected chi connectivity index (χ3v) is 7.75. The summed E-state index contributed by atoms with van der Waals surface area (Å²) in [4.78, 5) is 22.6. The van der Waals surface area contributed by atoms with E-state index in [4.69, 9.17) is 15.1 Å². The topological polar surface area (TPSA) is 176 Å². The van der Waals surface area contributed by atoms with Crippen molar-refractivity contribution in [1.29, 1.82) is 0 Å². The molecule has 6 aromatic carbocycles. The van der Waals surface area contributed by atoms with Gasteiger partial charge in [-0.2, -0.15) is 0 Å². The number of benzene rings is 6. The molecule has 0 radical (unpaired) electrons. The van der Waals surface area contributed by atoms with Gasteiger partial charge < -0.3 is 35.5 Å². The Bertz CT molecular complexity index is 1750. The molecule has 252 valence electrons. The van der Waals surface area contributed by atoms with Crippen LogP contribution in [-0.2, 0) is 0 Å². The van der Waals surface area contributed by atoms with Crippen LogP contribution < -0.4 is 0 Å². The van der Waals surface area contributed by atoms with Crippen LogP contribution >= 0.6 is 0 Å². The lowest BCUT2D eigenvalue weighted by molar-refractivity contribution is 0.0682. The lowest BCUT2D eigenvalue weighted by Crippen LogP contribution is -2.07. The number of aromatic carboxylic acids is 2. The highest BCUT2D eigenvalue weighted by molar-refractivity contribution is 6.30. The number of rotatable bonds is 8. The second-order valence-electron chi connectivity index (χ2n) is 11.0. The zero-order chi connectivity index (χ0) is 36.0. The number of aromatic hydroxyl groups is 2. The van der Waals surface area contributed by atoms with Gasteiger partial charge in [0, 0.05) is 23.0 Å². The minimum atomic E-state index is -2.17.